The highest BCUT2D eigenvalue weighted by Crippen LogP contribution is 2.46. The SMILES string of the molecule is CCOCc1nc2c(N)nc3ccccc3c2n1Cc1ccc(CNC(=O)OCCNC(=O)C(C)(CC(C)(C)C)C(C)(C)C)cc1. The Hall–Kier alpha value is -4.18. The summed E-state index contributed by atoms with van der Waals surface area (Å²) in [6.45, 7) is 18.8. The minimum Gasteiger partial charge on any atom is -0.448 e. The molecule has 4 N–H and O–H groups in total. The third kappa shape index (κ3) is 8.15. The van der Waals surface area contributed by atoms with Crippen LogP contribution >= 0.6 is 0 Å². The van der Waals surface area contributed by atoms with Crippen LogP contribution in [0.1, 0.15) is 78.8 Å². The number of rotatable bonds is 12. The van der Waals surface area contributed by atoms with Gasteiger partial charge in [-0.3, -0.25) is 4.79 Å². The number of hydrogen-bond donors (Lipinski definition) is 3. The van der Waals surface area contributed by atoms with Crippen molar-refractivity contribution in [2.24, 2.45) is 16.2 Å². The van der Waals surface area contributed by atoms with Gasteiger partial charge in [0.2, 0.25) is 5.91 Å². The topological polar surface area (TPSA) is 133 Å². The molecule has 2 aromatic heterocycles. The molecule has 4 aromatic rings. The number of carbonyl (C=O) groups is 2. The van der Waals surface area contributed by atoms with E-state index in [0.717, 1.165) is 39.8 Å². The van der Waals surface area contributed by atoms with Crippen molar-refractivity contribution in [3.05, 3.63) is 65.5 Å². The highest BCUT2D eigenvalue weighted by atomic mass is 16.5. The standard InChI is InChI=1S/C36H50N6O4/c1-9-45-22-28-41-29-30(26-12-10-11-13-27(26)40-31(29)37)42(28)21-25-16-14-24(15-17-25)20-39-33(44)46-19-18-38-32(43)36(8,35(5,6)7)23-34(2,3)4/h10-17H,9,18-23H2,1-8H3,(H2,37,40)(H,38,43)(H,39,44). The molecule has 46 heavy (non-hydrogen) atoms. The van der Waals surface area contributed by atoms with Gasteiger partial charge in [-0.1, -0.05) is 90.9 Å². The summed E-state index contributed by atoms with van der Waals surface area (Å²) in [5.41, 5.74) is 9.93. The summed E-state index contributed by atoms with van der Waals surface area (Å²) in [7, 11) is 0. The molecule has 10 heteroatoms. The molecular weight excluding hydrogens is 580 g/mol. The number of pyridine rings is 1. The number of imidazole rings is 1. The third-order valence-corrected chi connectivity index (χ3v) is 8.59. The van der Waals surface area contributed by atoms with E-state index < -0.39 is 11.5 Å². The van der Waals surface area contributed by atoms with Crippen molar-refractivity contribution in [2.45, 2.75) is 81.5 Å². The van der Waals surface area contributed by atoms with Crippen molar-refractivity contribution in [2.75, 3.05) is 25.5 Å². The third-order valence-electron chi connectivity index (χ3n) is 8.59. The Kier molecular flexibility index (Phi) is 10.6. The fourth-order valence-corrected chi connectivity index (χ4v) is 5.80. The van der Waals surface area contributed by atoms with Gasteiger partial charge in [0.25, 0.3) is 0 Å². The minimum absolute atomic E-state index is 0.00445. The summed E-state index contributed by atoms with van der Waals surface area (Å²) < 4.78 is 13.2. The maximum absolute atomic E-state index is 13.2. The number of nitrogens with two attached hydrogens (primary N) is 1. The average Bonchev–Trinajstić information content (AvgIpc) is 3.35. The fourth-order valence-electron chi connectivity index (χ4n) is 5.80. The molecule has 0 saturated heterocycles. The molecule has 4 rings (SSSR count). The molecule has 0 aliphatic heterocycles. The van der Waals surface area contributed by atoms with E-state index in [2.05, 4.69) is 61.7 Å². The number of anilines is 1. The number of fused-ring (bicyclic) bond motifs is 3. The zero-order valence-electron chi connectivity index (χ0n) is 28.6. The Morgan fingerprint density at radius 3 is 2.24 bits per heavy atom. The molecule has 2 heterocycles. The maximum Gasteiger partial charge on any atom is 0.407 e. The molecule has 2 aromatic carbocycles. The van der Waals surface area contributed by atoms with E-state index in [4.69, 9.17) is 20.2 Å². The van der Waals surface area contributed by atoms with Crippen LogP contribution in [0.5, 0.6) is 0 Å². The first-order valence-electron chi connectivity index (χ1n) is 16.0. The van der Waals surface area contributed by atoms with Gasteiger partial charge in [-0.25, -0.2) is 14.8 Å². The average molecular weight is 631 g/mol. The number of nitrogen functional groups attached to an aromatic ring is 1. The predicted molar refractivity (Wildman–Crippen MR) is 183 cm³/mol. The molecule has 1 atom stereocenters. The van der Waals surface area contributed by atoms with E-state index in [0.29, 0.717) is 37.6 Å². The van der Waals surface area contributed by atoms with Crippen molar-refractivity contribution >= 4 is 39.8 Å². The number of ether oxygens (including phenoxy) is 2. The van der Waals surface area contributed by atoms with Crippen LogP contribution in [-0.2, 0) is 34.0 Å². The van der Waals surface area contributed by atoms with Crippen LogP contribution in [0.25, 0.3) is 21.9 Å². The highest BCUT2D eigenvalue weighted by molar-refractivity contribution is 6.06. The van der Waals surface area contributed by atoms with Gasteiger partial charge >= 0.3 is 6.09 Å². The first-order chi connectivity index (χ1) is 21.6. The summed E-state index contributed by atoms with van der Waals surface area (Å²) in [5, 5.41) is 6.75. The Labute approximate surface area is 272 Å². The van der Waals surface area contributed by atoms with Crippen LogP contribution < -0.4 is 16.4 Å². The lowest BCUT2D eigenvalue weighted by atomic mass is 9.61. The normalized spacial score (nSPS) is 13.5. The number of hydrogen-bond acceptors (Lipinski definition) is 7. The number of amides is 2. The lowest BCUT2D eigenvalue weighted by Gasteiger charge is -2.44. The molecule has 0 radical (unpaired) electrons. The number of benzene rings is 2. The summed E-state index contributed by atoms with van der Waals surface area (Å²) in [6, 6.07) is 15.9. The molecule has 248 valence electrons. The van der Waals surface area contributed by atoms with Crippen LogP contribution in [0.2, 0.25) is 0 Å². The molecule has 0 fully saturated rings. The summed E-state index contributed by atoms with van der Waals surface area (Å²) >= 11 is 0. The lowest BCUT2D eigenvalue weighted by Crippen LogP contribution is -2.49. The maximum atomic E-state index is 13.2. The molecule has 2 amide bonds. The number of aromatic nitrogens is 3. The van der Waals surface area contributed by atoms with Crippen LogP contribution in [-0.4, -0.2) is 46.3 Å². The Balaban J connectivity index is 1.34. The Morgan fingerprint density at radius 1 is 0.913 bits per heavy atom. The number of alkyl carbamates (subject to hydrolysis) is 1. The van der Waals surface area contributed by atoms with Crippen LogP contribution in [0.3, 0.4) is 0 Å². The van der Waals surface area contributed by atoms with Gasteiger partial charge in [0.15, 0.2) is 5.82 Å². The quantitative estimate of drug-likeness (QED) is 0.151. The lowest BCUT2D eigenvalue weighted by molar-refractivity contribution is -0.139. The van der Waals surface area contributed by atoms with E-state index in [-0.39, 0.29) is 29.9 Å². The predicted octanol–water partition coefficient (Wildman–Crippen LogP) is 6.58. The summed E-state index contributed by atoms with van der Waals surface area (Å²) in [6.07, 6.45) is 0.210. The highest BCUT2D eigenvalue weighted by Gasteiger charge is 2.46. The first-order valence-corrected chi connectivity index (χ1v) is 16.0. The van der Waals surface area contributed by atoms with Crippen molar-refractivity contribution in [1.29, 1.82) is 0 Å². The second-order valence-corrected chi connectivity index (χ2v) is 14.3. The van der Waals surface area contributed by atoms with Gasteiger partial charge in [0.05, 0.1) is 23.0 Å². The largest absolute Gasteiger partial charge is 0.448 e. The summed E-state index contributed by atoms with van der Waals surface area (Å²) in [5.74, 6) is 1.15. The van der Waals surface area contributed by atoms with Gasteiger partial charge in [0.1, 0.15) is 24.6 Å². The monoisotopic (exact) mass is 630 g/mol. The minimum atomic E-state index is -0.562. The smallest absolute Gasteiger partial charge is 0.407 e. The molecule has 10 nitrogen and oxygen atoms in total. The van der Waals surface area contributed by atoms with Gasteiger partial charge in [-0.2, -0.15) is 0 Å². The molecule has 0 aliphatic carbocycles. The van der Waals surface area contributed by atoms with Crippen molar-refractivity contribution in [3.63, 3.8) is 0 Å². The van der Waals surface area contributed by atoms with Crippen molar-refractivity contribution in [1.82, 2.24) is 25.2 Å². The molecule has 0 saturated carbocycles. The van der Waals surface area contributed by atoms with E-state index in [9.17, 15) is 9.59 Å². The van der Waals surface area contributed by atoms with Gasteiger partial charge < -0.3 is 30.4 Å². The number of para-hydroxylation sites is 1. The number of nitrogens with one attached hydrogen (secondary N) is 2. The first kappa shape index (κ1) is 34.7. The van der Waals surface area contributed by atoms with E-state index in [1.807, 2.05) is 62.4 Å². The summed E-state index contributed by atoms with van der Waals surface area (Å²) in [4.78, 5) is 34.9. The Bertz CT molecular complexity index is 1670. The second kappa shape index (κ2) is 14.1. The number of carbonyl (C=O) groups excluding carboxylic acids is 2. The zero-order chi connectivity index (χ0) is 33.7. The van der Waals surface area contributed by atoms with E-state index >= 15 is 0 Å². The van der Waals surface area contributed by atoms with Gasteiger partial charge in [0, 0.05) is 25.1 Å². The molecule has 0 aliphatic rings. The van der Waals surface area contributed by atoms with Crippen LogP contribution in [0, 0.1) is 16.2 Å². The molecular formula is C36H50N6O4. The molecule has 1 unspecified atom stereocenters. The van der Waals surface area contributed by atoms with Crippen LogP contribution in [0.4, 0.5) is 10.6 Å². The Morgan fingerprint density at radius 2 is 1.59 bits per heavy atom. The fraction of sp³-hybridized carbons (Fsp3) is 0.500. The second-order valence-electron chi connectivity index (χ2n) is 14.3. The van der Waals surface area contributed by atoms with Gasteiger partial charge in [-0.15, -0.1) is 0 Å². The molecule has 0 spiro atoms. The van der Waals surface area contributed by atoms with Gasteiger partial charge in [-0.05, 0) is 41.4 Å². The number of nitrogens with zero attached hydrogens (tertiary/aromatic N) is 3. The molecule has 0 bridgehead atoms. The van der Waals surface area contributed by atoms with E-state index in [1.165, 1.54) is 0 Å². The van der Waals surface area contributed by atoms with Crippen molar-refractivity contribution < 1.29 is 19.1 Å². The van der Waals surface area contributed by atoms with Crippen molar-refractivity contribution in [3.8, 4) is 0 Å². The van der Waals surface area contributed by atoms with Crippen LogP contribution in [0.15, 0.2) is 48.5 Å². The van der Waals surface area contributed by atoms with E-state index in [1.54, 1.807) is 0 Å². The zero-order valence-corrected chi connectivity index (χ0v) is 28.6.